The van der Waals surface area contributed by atoms with E-state index in [-0.39, 0.29) is 12.3 Å². The van der Waals surface area contributed by atoms with Crippen LogP contribution in [0.3, 0.4) is 0 Å². The Morgan fingerprint density at radius 3 is 2.32 bits per heavy atom. The predicted molar refractivity (Wildman–Crippen MR) is 121 cm³/mol. The van der Waals surface area contributed by atoms with E-state index in [4.69, 9.17) is 9.47 Å². The zero-order chi connectivity index (χ0) is 22.2. The first-order chi connectivity index (χ1) is 15.0. The van der Waals surface area contributed by atoms with Gasteiger partial charge in [0.25, 0.3) is 5.91 Å². The van der Waals surface area contributed by atoms with Gasteiger partial charge in [0.1, 0.15) is 5.75 Å². The number of rotatable bonds is 8. The maximum absolute atomic E-state index is 13.1. The first kappa shape index (κ1) is 22.1. The van der Waals surface area contributed by atoms with Crippen molar-refractivity contribution in [2.75, 3.05) is 12.4 Å². The molecule has 0 heterocycles. The van der Waals surface area contributed by atoms with E-state index in [1.807, 2.05) is 74.5 Å². The van der Waals surface area contributed by atoms with Gasteiger partial charge >= 0.3 is 5.97 Å². The molecule has 160 valence electrons. The van der Waals surface area contributed by atoms with Crippen molar-refractivity contribution >= 4 is 17.6 Å². The summed E-state index contributed by atoms with van der Waals surface area (Å²) in [7, 11) is 1.61. The lowest BCUT2D eigenvalue weighted by Gasteiger charge is -2.19. The molecule has 1 amide bonds. The second kappa shape index (κ2) is 10.4. The molecule has 0 aliphatic heterocycles. The second-order valence-corrected chi connectivity index (χ2v) is 7.44. The van der Waals surface area contributed by atoms with Crippen LogP contribution in [-0.2, 0) is 20.7 Å². The molecule has 1 N–H and O–H groups in total. The molecule has 0 saturated carbocycles. The molecule has 0 unspecified atom stereocenters. The van der Waals surface area contributed by atoms with E-state index >= 15 is 0 Å². The Labute approximate surface area is 183 Å². The van der Waals surface area contributed by atoms with E-state index in [1.165, 1.54) is 0 Å². The van der Waals surface area contributed by atoms with E-state index in [1.54, 1.807) is 19.2 Å². The number of aryl methyl sites for hydroxylation is 3. The largest absolute Gasteiger partial charge is 0.497 e. The summed E-state index contributed by atoms with van der Waals surface area (Å²) < 4.78 is 10.8. The Morgan fingerprint density at radius 1 is 0.935 bits per heavy atom. The summed E-state index contributed by atoms with van der Waals surface area (Å²) in [4.78, 5) is 25.6. The van der Waals surface area contributed by atoms with Gasteiger partial charge in [-0.1, -0.05) is 54.6 Å². The van der Waals surface area contributed by atoms with Gasteiger partial charge in [0.05, 0.1) is 7.11 Å². The van der Waals surface area contributed by atoms with Crippen molar-refractivity contribution in [3.63, 3.8) is 0 Å². The average molecular weight is 418 g/mol. The number of nitrogens with one attached hydrogen (secondary N) is 1. The van der Waals surface area contributed by atoms with Crippen LogP contribution in [0.15, 0.2) is 72.8 Å². The van der Waals surface area contributed by atoms with Gasteiger partial charge in [0.15, 0.2) is 0 Å². The van der Waals surface area contributed by atoms with Gasteiger partial charge in [0, 0.05) is 17.7 Å². The zero-order valence-corrected chi connectivity index (χ0v) is 18.1. The highest BCUT2D eigenvalue weighted by atomic mass is 16.5. The Balaban J connectivity index is 1.70. The molecular formula is C26H27NO4. The van der Waals surface area contributed by atoms with Crippen molar-refractivity contribution in [1.29, 1.82) is 0 Å². The average Bonchev–Trinajstić information content (AvgIpc) is 2.79. The maximum atomic E-state index is 13.1. The minimum atomic E-state index is -1.02. The smallest absolute Gasteiger partial charge is 0.307 e. The zero-order valence-electron chi connectivity index (χ0n) is 18.1. The first-order valence-corrected chi connectivity index (χ1v) is 10.2. The van der Waals surface area contributed by atoms with Gasteiger partial charge in [-0.05, 0) is 55.2 Å². The Hall–Kier alpha value is -3.60. The number of ether oxygens (including phenoxy) is 2. The fraction of sp³-hybridized carbons (Fsp3) is 0.231. The fourth-order valence-corrected chi connectivity index (χ4v) is 3.20. The molecule has 0 aromatic heterocycles. The molecule has 1 atom stereocenters. The monoisotopic (exact) mass is 417 g/mol. The number of hydrogen-bond donors (Lipinski definition) is 1. The number of esters is 1. The maximum Gasteiger partial charge on any atom is 0.307 e. The summed E-state index contributed by atoms with van der Waals surface area (Å²) in [6.45, 7) is 3.89. The van der Waals surface area contributed by atoms with Gasteiger partial charge in [-0.25, -0.2) is 0 Å². The highest BCUT2D eigenvalue weighted by Crippen LogP contribution is 2.23. The molecule has 0 fully saturated rings. The van der Waals surface area contributed by atoms with Gasteiger partial charge < -0.3 is 14.8 Å². The van der Waals surface area contributed by atoms with Crippen LogP contribution in [0.1, 0.15) is 34.8 Å². The van der Waals surface area contributed by atoms with Crippen LogP contribution in [0, 0.1) is 13.8 Å². The molecule has 0 bridgehead atoms. The lowest BCUT2D eigenvalue weighted by molar-refractivity contribution is -0.154. The number of anilines is 1. The van der Waals surface area contributed by atoms with Crippen LogP contribution in [0.4, 0.5) is 5.69 Å². The normalized spacial score (nSPS) is 11.5. The van der Waals surface area contributed by atoms with Gasteiger partial charge in [-0.3, -0.25) is 9.59 Å². The summed E-state index contributed by atoms with van der Waals surface area (Å²) in [5.41, 5.74) is 4.31. The number of hydrogen-bond acceptors (Lipinski definition) is 4. The molecule has 31 heavy (non-hydrogen) atoms. The quantitative estimate of drug-likeness (QED) is 0.514. The molecule has 0 aliphatic rings. The lowest BCUT2D eigenvalue weighted by Crippen LogP contribution is -2.26. The van der Waals surface area contributed by atoms with Crippen molar-refractivity contribution < 1.29 is 19.1 Å². The molecule has 3 rings (SSSR count). The number of carbonyl (C=O) groups is 2. The molecule has 0 radical (unpaired) electrons. The molecule has 3 aromatic rings. The number of amides is 1. The van der Waals surface area contributed by atoms with E-state index in [0.717, 1.165) is 22.4 Å². The van der Waals surface area contributed by atoms with Crippen LogP contribution in [0.25, 0.3) is 0 Å². The number of benzene rings is 3. The molecule has 3 aromatic carbocycles. The van der Waals surface area contributed by atoms with Crippen molar-refractivity contribution in [3.8, 4) is 5.75 Å². The van der Waals surface area contributed by atoms with E-state index in [0.29, 0.717) is 17.7 Å². The van der Waals surface area contributed by atoms with E-state index < -0.39 is 12.1 Å². The van der Waals surface area contributed by atoms with Gasteiger partial charge in [-0.15, -0.1) is 0 Å². The second-order valence-electron chi connectivity index (χ2n) is 7.44. The lowest BCUT2D eigenvalue weighted by atomic mass is 10.1. The third-order valence-electron chi connectivity index (χ3n) is 5.02. The molecular weight excluding hydrogens is 390 g/mol. The third kappa shape index (κ3) is 6.19. The van der Waals surface area contributed by atoms with Gasteiger partial charge in [0.2, 0.25) is 6.10 Å². The standard InChI is InChI=1S/C26H27NO4/c1-18-9-10-19(2)23(17-18)27-26(29)25(21-7-5-4-6-8-21)31-24(28)16-13-20-11-14-22(30-3)15-12-20/h4-12,14-15,17,25H,13,16H2,1-3H3,(H,27,29)/t25-/m0/s1. The van der Waals surface area contributed by atoms with Crippen LogP contribution < -0.4 is 10.1 Å². The van der Waals surface area contributed by atoms with Crippen LogP contribution in [0.5, 0.6) is 5.75 Å². The van der Waals surface area contributed by atoms with Crippen molar-refractivity contribution in [2.45, 2.75) is 32.8 Å². The number of carbonyl (C=O) groups excluding carboxylic acids is 2. The van der Waals surface area contributed by atoms with Crippen molar-refractivity contribution in [2.24, 2.45) is 0 Å². The number of methoxy groups -OCH3 is 1. The summed E-state index contributed by atoms with van der Waals surface area (Å²) in [5.74, 6) is -0.0444. The highest BCUT2D eigenvalue weighted by Gasteiger charge is 2.25. The Kier molecular flexibility index (Phi) is 7.44. The third-order valence-corrected chi connectivity index (χ3v) is 5.02. The van der Waals surface area contributed by atoms with Crippen LogP contribution >= 0.6 is 0 Å². The minimum absolute atomic E-state index is 0.173. The molecule has 5 nitrogen and oxygen atoms in total. The van der Waals surface area contributed by atoms with Crippen LogP contribution in [-0.4, -0.2) is 19.0 Å². The highest BCUT2D eigenvalue weighted by molar-refractivity contribution is 5.96. The van der Waals surface area contributed by atoms with Gasteiger partial charge in [-0.2, -0.15) is 0 Å². The molecule has 0 saturated heterocycles. The summed E-state index contributed by atoms with van der Waals surface area (Å²) in [5, 5.41) is 2.91. The molecule has 0 aliphatic carbocycles. The first-order valence-electron chi connectivity index (χ1n) is 10.2. The van der Waals surface area contributed by atoms with Crippen molar-refractivity contribution in [3.05, 3.63) is 95.1 Å². The topological polar surface area (TPSA) is 64.6 Å². The van der Waals surface area contributed by atoms with Crippen LogP contribution in [0.2, 0.25) is 0 Å². The SMILES string of the molecule is COc1ccc(CCC(=O)O[C@H](C(=O)Nc2cc(C)ccc2C)c2ccccc2)cc1. The Morgan fingerprint density at radius 2 is 1.65 bits per heavy atom. The van der Waals surface area contributed by atoms with E-state index in [2.05, 4.69) is 5.32 Å². The summed E-state index contributed by atoms with van der Waals surface area (Å²) in [6.07, 6.45) is -0.334. The molecule has 5 heteroatoms. The fourth-order valence-electron chi connectivity index (χ4n) is 3.20. The van der Waals surface area contributed by atoms with Crippen molar-refractivity contribution in [1.82, 2.24) is 0 Å². The molecule has 0 spiro atoms. The minimum Gasteiger partial charge on any atom is -0.497 e. The van der Waals surface area contributed by atoms with E-state index in [9.17, 15) is 9.59 Å². The summed E-state index contributed by atoms with van der Waals surface area (Å²) >= 11 is 0. The Bertz CT molecular complexity index is 1030. The summed E-state index contributed by atoms with van der Waals surface area (Å²) in [6, 6.07) is 22.4. The predicted octanol–water partition coefficient (Wildman–Crippen LogP) is 5.17.